The molecule has 0 saturated carbocycles. The van der Waals surface area contributed by atoms with Crippen molar-refractivity contribution in [2.24, 2.45) is 5.41 Å². The predicted octanol–water partition coefficient (Wildman–Crippen LogP) is 3.03. The second kappa shape index (κ2) is 4.05. The summed E-state index contributed by atoms with van der Waals surface area (Å²) >= 11 is 0. The first-order valence-corrected chi connectivity index (χ1v) is 6.66. The van der Waals surface area contributed by atoms with Crippen molar-refractivity contribution in [1.82, 2.24) is 4.90 Å². The molecule has 2 amide bonds. The van der Waals surface area contributed by atoms with Gasteiger partial charge in [0.05, 0.1) is 17.2 Å². The molecule has 1 atom stereocenters. The smallest absolute Gasteiger partial charge is 0.262 e. The number of imide groups is 1. The number of hydrogen-bond acceptors (Lipinski definition) is 2. The van der Waals surface area contributed by atoms with Crippen molar-refractivity contribution < 1.29 is 9.59 Å². The highest BCUT2D eigenvalue weighted by Gasteiger charge is 2.40. The van der Waals surface area contributed by atoms with E-state index >= 15 is 0 Å². The maximum absolute atomic E-state index is 12.3. The summed E-state index contributed by atoms with van der Waals surface area (Å²) in [5.41, 5.74) is 1.23. The fourth-order valence-electron chi connectivity index (χ4n) is 2.80. The number of amides is 2. The molecule has 98 valence electrons. The molecule has 0 aromatic heterocycles. The monoisotopic (exact) mass is 255 g/mol. The molecule has 1 aromatic rings. The lowest BCUT2D eigenvalue weighted by molar-refractivity contribution is 0.0596. The molecule has 3 nitrogen and oxygen atoms in total. The standard InChI is InChI=1S/C16H17NO2/c1-16(2)9-7-11(8-10-16)17-14(18)12-5-3-4-6-13(12)15(17)19/h3-7,9,11H,8,10H2,1-2H3. The van der Waals surface area contributed by atoms with Gasteiger partial charge in [-0.15, -0.1) is 0 Å². The van der Waals surface area contributed by atoms with Crippen molar-refractivity contribution in [3.63, 3.8) is 0 Å². The molecule has 1 unspecified atom stereocenters. The molecule has 3 heteroatoms. The quantitative estimate of drug-likeness (QED) is 0.571. The fourth-order valence-corrected chi connectivity index (χ4v) is 2.80. The number of carbonyl (C=O) groups is 2. The lowest BCUT2D eigenvalue weighted by Crippen LogP contribution is -2.40. The van der Waals surface area contributed by atoms with Crippen LogP contribution in [0.2, 0.25) is 0 Å². The summed E-state index contributed by atoms with van der Waals surface area (Å²) in [5.74, 6) is -0.315. The minimum atomic E-state index is -0.157. The van der Waals surface area contributed by atoms with E-state index in [1.165, 1.54) is 4.90 Å². The van der Waals surface area contributed by atoms with E-state index in [0.29, 0.717) is 11.1 Å². The van der Waals surface area contributed by atoms with E-state index in [-0.39, 0.29) is 23.3 Å². The molecule has 0 N–H and O–H groups in total. The van der Waals surface area contributed by atoms with Crippen molar-refractivity contribution in [1.29, 1.82) is 0 Å². The zero-order valence-electron chi connectivity index (χ0n) is 11.2. The Bertz CT molecular complexity index is 551. The average molecular weight is 255 g/mol. The minimum absolute atomic E-state index is 0.0968. The molecule has 0 bridgehead atoms. The summed E-state index contributed by atoms with van der Waals surface area (Å²) in [5, 5.41) is 0. The molecule has 19 heavy (non-hydrogen) atoms. The number of fused-ring (bicyclic) bond motifs is 1. The molecule has 3 rings (SSSR count). The third kappa shape index (κ3) is 1.89. The molecule has 1 aliphatic heterocycles. The Morgan fingerprint density at radius 3 is 2.16 bits per heavy atom. The Labute approximate surface area is 112 Å². The number of benzene rings is 1. The van der Waals surface area contributed by atoms with E-state index in [4.69, 9.17) is 0 Å². The first-order valence-electron chi connectivity index (χ1n) is 6.66. The zero-order valence-corrected chi connectivity index (χ0v) is 11.2. The Kier molecular flexibility index (Phi) is 2.59. The molecular formula is C16H17NO2. The van der Waals surface area contributed by atoms with Crippen LogP contribution >= 0.6 is 0 Å². The van der Waals surface area contributed by atoms with Crippen molar-refractivity contribution in [3.8, 4) is 0 Å². The van der Waals surface area contributed by atoms with Crippen LogP contribution in [0.5, 0.6) is 0 Å². The van der Waals surface area contributed by atoms with Gasteiger partial charge in [0.25, 0.3) is 11.8 Å². The highest BCUT2D eigenvalue weighted by Crippen LogP contribution is 2.34. The summed E-state index contributed by atoms with van der Waals surface area (Å²) in [6.45, 7) is 4.34. The van der Waals surface area contributed by atoms with Crippen LogP contribution in [0.1, 0.15) is 47.4 Å². The van der Waals surface area contributed by atoms with Gasteiger partial charge in [-0.1, -0.05) is 38.1 Å². The molecular weight excluding hydrogens is 238 g/mol. The summed E-state index contributed by atoms with van der Waals surface area (Å²) in [6.07, 6.45) is 5.95. The fraction of sp³-hybridized carbons (Fsp3) is 0.375. The van der Waals surface area contributed by atoms with E-state index in [1.54, 1.807) is 24.3 Å². The average Bonchev–Trinajstić information content (AvgIpc) is 2.64. The molecule has 1 aromatic carbocycles. The highest BCUT2D eigenvalue weighted by molar-refractivity contribution is 6.21. The molecule has 0 radical (unpaired) electrons. The van der Waals surface area contributed by atoms with E-state index < -0.39 is 0 Å². The van der Waals surface area contributed by atoms with Crippen LogP contribution in [-0.4, -0.2) is 22.8 Å². The number of hydrogen-bond donors (Lipinski definition) is 0. The molecule has 2 aliphatic rings. The van der Waals surface area contributed by atoms with Crippen molar-refractivity contribution in [2.75, 3.05) is 0 Å². The number of carbonyl (C=O) groups excluding carboxylic acids is 2. The van der Waals surface area contributed by atoms with E-state index in [0.717, 1.165) is 12.8 Å². The van der Waals surface area contributed by atoms with Crippen LogP contribution in [0.15, 0.2) is 36.4 Å². The van der Waals surface area contributed by atoms with Crippen LogP contribution in [0.4, 0.5) is 0 Å². The number of nitrogens with zero attached hydrogens (tertiary/aromatic N) is 1. The largest absolute Gasteiger partial charge is 0.269 e. The maximum Gasteiger partial charge on any atom is 0.262 e. The molecule has 1 aliphatic carbocycles. The topological polar surface area (TPSA) is 37.4 Å². The zero-order chi connectivity index (χ0) is 13.6. The number of rotatable bonds is 1. The first kappa shape index (κ1) is 12.2. The Morgan fingerprint density at radius 2 is 1.68 bits per heavy atom. The normalized spacial score (nSPS) is 24.7. The van der Waals surface area contributed by atoms with Crippen LogP contribution in [0, 0.1) is 5.41 Å². The highest BCUT2D eigenvalue weighted by atomic mass is 16.2. The van der Waals surface area contributed by atoms with Crippen LogP contribution in [0.3, 0.4) is 0 Å². The number of allylic oxidation sites excluding steroid dienone is 1. The Morgan fingerprint density at radius 1 is 1.11 bits per heavy atom. The van der Waals surface area contributed by atoms with Gasteiger partial charge >= 0.3 is 0 Å². The van der Waals surface area contributed by atoms with Gasteiger partial charge in [0.2, 0.25) is 0 Å². The van der Waals surface area contributed by atoms with Gasteiger partial charge in [0.1, 0.15) is 0 Å². The van der Waals surface area contributed by atoms with Gasteiger partial charge < -0.3 is 0 Å². The van der Waals surface area contributed by atoms with E-state index in [1.807, 2.05) is 6.08 Å². The lowest BCUT2D eigenvalue weighted by atomic mass is 9.81. The van der Waals surface area contributed by atoms with Gasteiger partial charge in [-0.3, -0.25) is 14.5 Å². The second-order valence-corrected chi connectivity index (χ2v) is 5.98. The maximum atomic E-state index is 12.3. The summed E-state index contributed by atoms with van der Waals surface area (Å²) in [4.78, 5) is 26.1. The minimum Gasteiger partial charge on any atom is -0.269 e. The van der Waals surface area contributed by atoms with Crippen LogP contribution in [-0.2, 0) is 0 Å². The van der Waals surface area contributed by atoms with Gasteiger partial charge in [-0.2, -0.15) is 0 Å². The second-order valence-electron chi connectivity index (χ2n) is 5.98. The van der Waals surface area contributed by atoms with Crippen LogP contribution < -0.4 is 0 Å². The predicted molar refractivity (Wildman–Crippen MR) is 72.9 cm³/mol. The summed E-state index contributed by atoms with van der Waals surface area (Å²) < 4.78 is 0. The van der Waals surface area contributed by atoms with Gasteiger partial charge in [0, 0.05) is 0 Å². The summed E-state index contributed by atoms with van der Waals surface area (Å²) in [6, 6.07) is 6.96. The van der Waals surface area contributed by atoms with Crippen molar-refractivity contribution in [2.45, 2.75) is 32.7 Å². The SMILES string of the molecule is CC1(C)C=CC(N2C(=O)c3ccccc3C2=O)CC1. The molecule has 0 fully saturated rings. The van der Waals surface area contributed by atoms with E-state index in [2.05, 4.69) is 19.9 Å². The first-order chi connectivity index (χ1) is 8.99. The Balaban J connectivity index is 1.93. The van der Waals surface area contributed by atoms with Gasteiger partial charge in [-0.05, 0) is 30.4 Å². The Hall–Kier alpha value is -1.90. The third-order valence-electron chi connectivity index (χ3n) is 4.01. The molecule has 1 heterocycles. The van der Waals surface area contributed by atoms with Crippen molar-refractivity contribution >= 4 is 11.8 Å². The van der Waals surface area contributed by atoms with Crippen LogP contribution in [0.25, 0.3) is 0 Å². The van der Waals surface area contributed by atoms with Gasteiger partial charge in [-0.25, -0.2) is 0 Å². The van der Waals surface area contributed by atoms with Gasteiger partial charge in [0.15, 0.2) is 0 Å². The summed E-state index contributed by atoms with van der Waals surface area (Å²) in [7, 11) is 0. The van der Waals surface area contributed by atoms with E-state index in [9.17, 15) is 9.59 Å². The molecule has 0 spiro atoms. The third-order valence-corrected chi connectivity index (χ3v) is 4.01. The molecule has 0 saturated heterocycles. The van der Waals surface area contributed by atoms with Crippen molar-refractivity contribution in [3.05, 3.63) is 47.5 Å². The lowest BCUT2D eigenvalue weighted by Gasteiger charge is -2.32.